The summed E-state index contributed by atoms with van der Waals surface area (Å²) in [5.74, 6) is 0. The first kappa shape index (κ1) is 11.7. The summed E-state index contributed by atoms with van der Waals surface area (Å²) >= 11 is 0. The largest absolute Gasteiger partial charge is 0.456 e. The first-order valence-corrected chi connectivity index (χ1v) is 15.2. The van der Waals surface area contributed by atoms with Crippen LogP contribution in [0.15, 0.2) is 186 Å². The predicted molar refractivity (Wildman–Crippen MR) is 218 cm³/mol. The number of hydrogen-bond acceptors (Lipinski definition) is 1. The molecule has 236 valence electrons. The summed E-state index contributed by atoms with van der Waals surface area (Å²) in [6, 6.07) is -28.1. The van der Waals surface area contributed by atoms with Gasteiger partial charge in [0.25, 0.3) is 0 Å². The van der Waals surface area contributed by atoms with Crippen LogP contribution in [-0.4, -0.2) is 0 Å². The Balaban J connectivity index is 1.40. The Labute approximate surface area is 336 Å². The molecule has 0 unspecified atom stereocenters. The first-order valence-electron chi connectivity index (χ1n) is 30.2. The van der Waals surface area contributed by atoms with Crippen LogP contribution in [0.1, 0.15) is 41.1 Å². The summed E-state index contributed by atoms with van der Waals surface area (Å²) in [4.78, 5) is 0. The summed E-state index contributed by atoms with van der Waals surface area (Å²) in [5.41, 5.74) is -5.96. The fourth-order valence-electron chi connectivity index (χ4n) is 6.35. The Hall–Kier alpha value is -6.70. The number of benzene rings is 10. The zero-order valence-corrected chi connectivity index (χ0v) is 25.4. The highest BCUT2D eigenvalue weighted by Crippen LogP contribution is 2.45. The second-order valence-corrected chi connectivity index (χ2v) is 11.3. The van der Waals surface area contributed by atoms with Crippen molar-refractivity contribution < 1.29 is 45.5 Å². The van der Waals surface area contributed by atoms with Gasteiger partial charge in [-0.1, -0.05) is 151 Å². The van der Waals surface area contributed by atoms with E-state index < -0.39 is 290 Å². The number of rotatable bonds is 3. The second kappa shape index (κ2) is 10.9. The van der Waals surface area contributed by atoms with Crippen molar-refractivity contribution >= 4 is 75.8 Å². The number of furan rings is 1. The van der Waals surface area contributed by atoms with Gasteiger partial charge in [0.2, 0.25) is 0 Å². The van der Waals surface area contributed by atoms with Gasteiger partial charge in [-0.05, 0) is 117 Å². The van der Waals surface area contributed by atoms with Crippen LogP contribution in [0.25, 0.3) is 109 Å². The molecule has 0 aliphatic rings. The van der Waals surface area contributed by atoms with Crippen molar-refractivity contribution in [1.82, 2.24) is 0 Å². The van der Waals surface area contributed by atoms with Crippen LogP contribution in [0, 0.1) is 0 Å². The van der Waals surface area contributed by atoms with E-state index in [2.05, 4.69) is 0 Å². The summed E-state index contributed by atoms with van der Waals surface area (Å²) in [7, 11) is 0. The van der Waals surface area contributed by atoms with E-state index in [1.807, 2.05) is 0 Å². The molecule has 11 rings (SSSR count). The maximum absolute atomic E-state index is 10.0. The Morgan fingerprint density at radius 2 is 0.784 bits per heavy atom. The van der Waals surface area contributed by atoms with Gasteiger partial charge in [0.15, 0.2) is 0 Å². The smallest absolute Gasteiger partial charge is 0.136 e. The molecule has 1 heterocycles. The van der Waals surface area contributed by atoms with Crippen molar-refractivity contribution in [3.63, 3.8) is 0 Å². The minimum atomic E-state index is -1.08. The van der Waals surface area contributed by atoms with Crippen LogP contribution >= 0.6 is 0 Å². The molecule has 0 radical (unpaired) electrons. The van der Waals surface area contributed by atoms with Gasteiger partial charge in [-0.3, -0.25) is 0 Å². The third-order valence-electron chi connectivity index (χ3n) is 8.51. The lowest BCUT2D eigenvalue weighted by Gasteiger charge is -2.18. The van der Waals surface area contributed by atoms with Gasteiger partial charge in [0.05, 0.1) is 41.1 Å². The van der Waals surface area contributed by atoms with Gasteiger partial charge in [0, 0.05) is 10.8 Å². The second-order valence-electron chi connectivity index (χ2n) is 11.3. The minimum absolute atomic E-state index is 0.429. The van der Waals surface area contributed by atoms with Crippen LogP contribution in [0.3, 0.4) is 0 Å². The Kier molecular flexibility index (Phi) is 2.50. The molecule has 0 spiro atoms. The molecule has 0 aliphatic heterocycles. The lowest BCUT2D eigenvalue weighted by molar-refractivity contribution is 0.669. The van der Waals surface area contributed by atoms with Crippen LogP contribution in [0.4, 0.5) is 0 Å². The van der Waals surface area contributed by atoms with E-state index in [9.17, 15) is 17.8 Å². The number of hydrogen-bond donors (Lipinski definition) is 0. The van der Waals surface area contributed by atoms with Crippen LogP contribution in [0.2, 0.25) is 0 Å². The fourth-order valence-corrected chi connectivity index (χ4v) is 6.35. The van der Waals surface area contributed by atoms with Gasteiger partial charge in [0.1, 0.15) is 11.2 Å². The molecule has 10 aromatic carbocycles. The molecule has 0 bridgehead atoms. The molecule has 0 aliphatic carbocycles. The zero-order chi connectivity index (χ0) is 59.6. The van der Waals surface area contributed by atoms with Gasteiger partial charge in [-0.15, -0.1) is 0 Å². The van der Waals surface area contributed by atoms with Crippen LogP contribution in [0.5, 0.6) is 0 Å². The third kappa shape index (κ3) is 4.28. The van der Waals surface area contributed by atoms with Gasteiger partial charge < -0.3 is 4.42 Å². The van der Waals surface area contributed by atoms with Crippen molar-refractivity contribution in [3.8, 4) is 33.4 Å². The highest BCUT2D eigenvalue weighted by molar-refractivity contribution is 6.24. The molecular formula is C50H30O. The zero-order valence-electron chi connectivity index (χ0n) is 55.4. The highest BCUT2D eigenvalue weighted by atomic mass is 16.3. The maximum Gasteiger partial charge on any atom is 0.136 e. The quantitative estimate of drug-likeness (QED) is 0.170. The normalized spacial score (nSPS) is 20.2. The maximum atomic E-state index is 10.0. The van der Waals surface area contributed by atoms with E-state index in [4.69, 9.17) is 27.7 Å². The van der Waals surface area contributed by atoms with Crippen LogP contribution < -0.4 is 0 Å². The van der Waals surface area contributed by atoms with Gasteiger partial charge >= 0.3 is 0 Å². The predicted octanol–water partition coefficient (Wildman–Crippen LogP) is 14.4. The van der Waals surface area contributed by atoms with E-state index >= 15 is 0 Å². The molecule has 1 nitrogen and oxygen atoms in total. The SMILES string of the molecule is [2H]c1c([2H])c(-c2c([2H])c([2H])c3c([2H])c([2H])c(-c4c5c([2H])c([2H])c([2H])c([2H])c5c(-c5c([2H])c([2H])c6c([2H])c([2H])c([2H])c([2H])c6c5[2H])c5c([2H])c([2H])c([2H])c([2H])c45)c([2H])c3c2[2H])c2c(oc3c([2H])c([2H])c4c([2H])c([2H])c([2H])c([2H])c4c32)c1[2H]. The summed E-state index contributed by atoms with van der Waals surface area (Å²) in [6.45, 7) is 0. The molecule has 0 amide bonds. The van der Waals surface area contributed by atoms with E-state index in [0.29, 0.717) is 0 Å². The first-order chi connectivity index (χ1) is 37.8. The summed E-state index contributed by atoms with van der Waals surface area (Å²) < 4.78 is 279. The molecule has 1 heteroatoms. The summed E-state index contributed by atoms with van der Waals surface area (Å²) in [6.07, 6.45) is 0. The standard InChI is InChI=1S/C50H30O/c1-2-12-34-28-36(24-21-31(34)10-1)47-41-14-5-7-16-43(41)48(44-17-8-6-15-42(44)47)37-25-22-32-20-23-35(29-38(32)30-37)40-18-9-19-45-50(40)49-39-13-4-3-11-33(39)26-27-46(49)51-45/h1-30H/i1D,2D,3D,4D,5D,6D,7D,8D,9D,10D,11D,12D,13D,14D,15D,16D,17D,18D,19D,20D,21D,22D,23D,24D,25D,26D,27D,28D,29D,30D. The van der Waals surface area contributed by atoms with E-state index in [1.165, 1.54) is 0 Å². The average molecular weight is 677 g/mol. The number of fused-ring (bicyclic) bond motifs is 9. The van der Waals surface area contributed by atoms with Crippen molar-refractivity contribution in [2.75, 3.05) is 0 Å². The van der Waals surface area contributed by atoms with Crippen molar-refractivity contribution in [2.45, 2.75) is 0 Å². The van der Waals surface area contributed by atoms with E-state index in [0.717, 1.165) is 0 Å². The molecule has 1 aromatic heterocycles. The van der Waals surface area contributed by atoms with E-state index in [1.54, 1.807) is 0 Å². The van der Waals surface area contributed by atoms with Gasteiger partial charge in [-0.25, -0.2) is 0 Å². The highest BCUT2D eigenvalue weighted by Gasteiger charge is 2.18. The molecule has 0 saturated heterocycles. The molecular weight excluding hydrogens is 617 g/mol. The average Bonchev–Trinajstić information content (AvgIpc) is 4.03. The lowest BCUT2D eigenvalue weighted by Crippen LogP contribution is -1.91. The Morgan fingerprint density at radius 3 is 1.45 bits per heavy atom. The summed E-state index contributed by atoms with van der Waals surface area (Å²) in [5, 5.41) is -7.83. The molecule has 0 atom stereocenters. The molecule has 0 N–H and O–H groups in total. The lowest BCUT2D eigenvalue weighted by atomic mass is 9.85. The monoisotopic (exact) mass is 676 g/mol. The Morgan fingerprint density at radius 1 is 0.314 bits per heavy atom. The van der Waals surface area contributed by atoms with Crippen molar-refractivity contribution in [2.24, 2.45) is 0 Å². The van der Waals surface area contributed by atoms with Crippen molar-refractivity contribution in [1.29, 1.82) is 0 Å². The molecule has 0 saturated carbocycles. The molecule has 51 heavy (non-hydrogen) atoms. The minimum Gasteiger partial charge on any atom is -0.456 e. The fraction of sp³-hybridized carbons (Fsp3) is 0. The Bertz CT molecular complexity index is 4850. The molecule has 11 aromatic rings. The molecule has 0 fully saturated rings. The van der Waals surface area contributed by atoms with Gasteiger partial charge in [-0.2, -0.15) is 0 Å². The van der Waals surface area contributed by atoms with Crippen LogP contribution in [-0.2, 0) is 0 Å². The van der Waals surface area contributed by atoms with E-state index in [-0.39, 0.29) is 0 Å². The topological polar surface area (TPSA) is 13.1 Å². The third-order valence-corrected chi connectivity index (χ3v) is 8.51. The van der Waals surface area contributed by atoms with Crippen molar-refractivity contribution in [3.05, 3.63) is 181 Å².